The van der Waals surface area contributed by atoms with Crippen LogP contribution in [0.4, 0.5) is 0 Å². The van der Waals surface area contributed by atoms with E-state index < -0.39 is 0 Å². The second-order valence-corrected chi connectivity index (χ2v) is 4.04. The van der Waals surface area contributed by atoms with Crippen molar-refractivity contribution in [2.75, 3.05) is 0 Å². The van der Waals surface area contributed by atoms with Gasteiger partial charge in [0.25, 0.3) is 0 Å². The lowest BCUT2D eigenvalue weighted by molar-refractivity contribution is 0.694. The van der Waals surface area contributed by atoms with Crippen molar-refractivity contribution in [3.05, 3.63) is 53.6 Å². The monoisotopic (exact) mass is 200 g/mol. The third-order valence-corrected chi connectivity index (χ3v) is 2.53. The van der Waals surface area contributed by atoms with Gasteiger partial charge in [-0.1, -0.05) is 74.4 Å². The van der Waals surface area contributed by atoms with Crippen LogP contribution >= 0.6 is 0 Å². The Morgan fingerprint density at radius 3 is 2.53 bits per heavy atom. The van der Waals surface area contributed by atoms with E-state index in [4.69, 9.17) is 0 Å². The molecule has 0 saturated heterocycles. The molecule has 0 nitrogen and oxygen atoms in total. The lowest BCUT2D eigenvalue weighted by Gasteiger charge is -2.01. The summed E-state index contributed by atoms with van der Waals surface area (Å²) in [7, 11) is 0. The van der Waals surface area contributed by atoms with Crippen LogP contribution in [0.25, 0.3) is 6.08 Å². The van der Waals surface area contributed by atoms with E-state index in [2.05, 4.69) is 63.3 Å². The Kier molecular flexibility index (Phi) is 4.89. The van der Waals surface area contributed by atoms with Crippen molar-refractivity contribution in [3.63, 3.8) is 0 Å². The fourth-order valence-corrected chi connectivity index (χ4v) is 1.41. The highest BCUT2D eigenvalue weighted by atomic mass is 14.0. The molecule has 0 heterocycles. The smallest absolute Gasteiger partial charge is 0.0257 e. The lowest BCUT2D eigenvalue weighted by atomic mass is 10.1. The molecular formula is C15H20. The fraction of sp³-hybridized carbons (Fsp3) is 0.333. The van der Waals surface area contributed by atoms with Crippen molar-refractivity contribution in [3.8, 4) is 0 Å². The van der Waals surface area contributed by atoms with Crippen molar-refractivity contribution in [1.29, 1.82) is 0 Å². The summed E-state index contributed by atoms with van der Waals surface area (Å²) in [6.45, 7) is 6.63. The predicted octanol–water partition coefficient (Wildman–Crippen LogP) is 4.69. The number of rotatable bonds is 4. The van der Waals surface area contributed by atoms with Gasteiger partial charge in [-0.15, -0.1) is 0 Å². The van der Waals surface area contributed by atoms with Gasteiger partial charge in [-0.3, -0.25) is 0 Å². The van der Waals surface area contributed by atoms with Gasteiger partial charge in [0.15, 0.2) is 0 Å². The van der Waals surface area contributed by atoms with Gasteiger partial charge in [-0.25, -0.2) is 0 Å². The number of hydrogen-bond donors (Lipinski definition) is 0. The van der Waals surface area contributed by atoms with Crippen LogP contribution in [0, 0.1) is 5.92 Å². The van der Waals surface area contributed by atoms with Gasteiger partial charge in [0.2, 0.25) is 0 Å². The van der Waals surface area contributed by atoms with E-state index in [0.29, 0.717) is 5.92 Å². The van der Waals surface area contributed by atoms with Crippen molar-refractivity contribution < 1.29 is 0 Å². The van der Waals surface area contributed by atoms with Crippen LogP contribution in [-0.2, 0) is 0 Å². The molecule has 15 heavy (non-hydrogen) atoms. The minimum atomic E-state index is 0.672. The summed E-state index contributed by atoms with van der Waals surface area (Å²) in [6, 6.07) is 10.4. The summed E-state index contributed by atoms with van der Waals surface area (Å²) in [5, 5.41) is 0. The first-order chi connectivity index (χ1) is 7.22. The fourth-order valence-electron chi connectivity index (χ4n) is 1.41. The molecule has 0 N–H and O–H groups in total. The van der Waals surface area contributed by atoms with Crippen molar-refractivity contribution >= 4 is 6.08 Å². The zero-order valence-corrected chi connectivity index (χ0v) is 9.90. The van der Waals surface area contributed by atoms with E-state index in [1.165, 1.54) is 17.6 Å². The minimum Gasteiger partial charge on any atom is -0.0788 e. The Morgan fingerprint density at radius 2 is 1.93 bits per heavy atom. The molecule has 80 valence electrons. The summed E-state index contributed by atoms with van der Waals surface area (Å²) in [4.78, 5) is 0. The maximum absolute atomic E-state index is 2.32. The van der Waals surface area contributed by atoms with Gasteiger partial charge in [0.1, 0.15) is 0 Å². The number of benzene rings is 1. The molecule has 0 aliphatic rings. The van der Waals surface area contributed by atoms with Crippen LogP contribution in [0.3, 0.4) is 0 Å². The van der Waals surface area contributed by atoms with Gasteiger partial charge in [0, 0.05) is 0 Å². The van der Waals surface area contributed by atoms with Crippen LogP contribution < -0.4 is 0 Å². The molecule has 0 bridgehead atoms. The SMILES string of the molecule is CC[C@H](C)/C=C(C)/C=C/c1ccccc1. The number of hydrogen-bond acceptors (Lipinski definition) is 0. The first-order valence-corrected chi connectivity index (χ1v) is 5.64. The molecule has 1 aromatic rings. The van der Waals surface area contributed by atoms with E-state index in [0.717, 1.165) is 0 Å². The minimum absolute atomic E-state index is 0.672. The van der Waals surface area contributed by atoms with E-state index in [9.17, 15) is 0 Å². The van der Waals surface area contributed by atoms with Crippen LogP contribution in [0.15, 0.2) is 48.1 Å². The highest BCUT2D eigenvalue weighted by Crippen LogP contribution is 2.09. The van der Waals surface area contributed by atoms with Crippen molar-refractivity contribution in [2.45, 2.75) is 27.2 Å². The normalized spacial score (nSPS) is 14.5. The molecule has 0 aliphatic carbocycles. The summed E-state index contributed by atoms with van der Waals surface area (Å²) >= 11 is 0. The molecule has 0 amide bonds. The van der Waals surface area contributed by atoms with E-state index in [1.807, 2.05) is 6.07 Å². The van der Waals surface area contributed by atoms with Gasteiger partial charge < -0.3 is 0 Å². The second kappa shape index (κ2) is 6.23. The molecule has 0 unspecified atom stereocenters. The average Bonchev–Trinajstić information content (AvgIpc) is 2.27. The molecule has 0 radical (unpaired) electrons. The van der Waals surface area contributed by atoms with Gasteiger partial charge in [-0.05, 0) is 18.4 Å². The molecule has 0 spiro atoms. The molecule has 0 aromatic heterocycles. The van der Waals surface area contributed by atoms with Crippen molar-refractivity contribution in [1.82, 2.24) is 0 Å². The summed E-state index contributed by atoms with van der Waals surface area (Å²) < 4.78 is 0. The molecule has 1 atom stereocenters. The third-order valence-electron chi connectivity index (χ3n) is 2.53. The van der Waals surface area contributed by atoms with Crippen LogP contribution in [0.1, 0.15) is 32.8 Å². The van der Waals surface area contributed by atoms with Crippen LogP contribution in [-0.4, -0.2) is 0 Å². The van der Waals surface area contributed by atoms with E-state index in [1.54, 1.807) is 0 Å². The third kappa shape index (κ3) is 4.64. The topological polar surface area (TPSA) is 0 Å². The lowest BCUT2D eigenvalue weighted by Crippen LogP contribution is -1.86. The average molecular weight is 200 g/mol. The Balaban J connectivity index is 2.62. The summed E-state index contributed by atoms with van der Waals surface area (Å²) in [6.07, 6.45) is 7.87. The highest BCUT2D eigenvalue weighted by molar-refractivity contribution is 5.52. The predicted molar refractivity (Wildman–Crippen MR) is 68.7 cm³/mol. The van der Waals surface area contributed by atoms with Gasteiger partial charge >= 0.3 is 0 Å². The van der Waals surface area contributed by atoms with Crippen LogP contribution in [0.2, 0.25) is 0 Å². The molecular weight excluding hydrogens is 180 g/mol. The number of allylic oxidation sites excluding steroid dienone is 3. The van der Waals surface area contributed by atoms with Crippen LogP contribution in [0.5, 0.6) is 0 Å². The summed E-state index contributed by atoms with van der Waals surface area (Å²) in [5.74, 6) is 0.672. The first kappa shape index (κ1) is 11.8. The maximum Gasteiger partial charge on any atom is -0.0257 e. The molecule has 1 aromatic carbocycles. The Morgan fingerprint density at radius 1 is 1.27 bits per heavy atom. The molecule has 0 saturated carbocycles. The maximum atomic E-state index is 2.32. The molecule has 0 aliphatic heterocycles. The largest absolute Gasteiger partial charge is 0.0788 e. The Labute approximate surface area is 93.3 Å². The molecule has 0 fully saturated rings. The quantitative estimate of drug-likeness (QED) is 0.618. The summed E-state index contributed by atoms with van der Waals surface area (Å²) in [5.41, 5.74) is 2.60. The zero-order valence-electron chi connectivity index (χ0n) is 9.90. The Hall–Kier alpha value is -1.30. The molecule has 0 heteroatoms. The molecule has 1 rings (SSSR count). The van der Waals surface area contributed by atoms with Crippen molar-refractivity contribution in [2.24, 2.45) is 5.92 Å². The van der Waals surface area contributed by atoms with Gasteiger partial charge in [0.05, 0.1) is 0 Å². The standard InChI is InChI=1S/C15H20/c1-4-13(2)12-14(3)10-11-15-8-6-5-7-9-15/h5-13H,4H2,1-3H3/b11-10+,14-12+/t13-/m0/s1. The van der Waals surface area contributed by atoms with E-state index >= 15 is 0 Å². The highest BCUT2D eigenvalue weighted by Gasteiger charge is 1.92. The first-order valence-electron chi connectivity index (χ1n) is 5.64. The van der Waals surface area contributed by atoms with Gasteiger partial charge in [-0.2, -0.15) is 0 Å². The second-order valence-electron chi connectivity index (χ2n) is 4.04. The Bertz CT molecular complexity index is 330. The zero-order chi connectivity index (χ0) is 11.1. The van der Waals surface area contributed by atoms with E-state index in [-0.39, 0.29) is 0 Å².